The monoisotopic (exact) mass is 305 g/mol. The third-order valence-electron chi connectivity index (χ3n) is 2.18. The highest BCUT2D eigenvalue weighted by atomic mass is 35.5. The van der Waals surface area contributed by atoms with Gasteiger partial charge >= 0.3 is 0 Å². The van der Waals surface area contributed by atoms with Gasteiger partial charge in [-0.2, -0.15) is 5.10 Å². The first-order valence-corrected chi connectivity index (χ1v) is 6.25. The molecule has 0 bridgehead atoms. The van der Waals surface area contributed by atoms with Crippen LogP contribution in [-0.4, -0.2) is 16.4 Å². The first kappa shape index (κ1) is 13.3. The van der Waals surface area contributed by atoms with Gasteiger partial charge < -0.3 is 10.5 Å². The van der Waals surface area contributed by atoms with Crippen LogP contribution in [0.2, 0.25) is 15.1 Å². The van der Waals surface area contributed by atoms with E-state index in [9.17, 15) is 0 Å². The van der Waals surface area contributed by atoms with Crippen LogP contribution < -0.4 is 10.5 Å². The second-order valence-electron chi connectivity index (χ2n) is 3.58. The molecule has 0 amide bonds. The van der Waals surface area contributed by atoms with Gasteiger partial charge in [0.1, 0.15) is 6.61 Å². The van der Waals surface area contributed by atoms with E-state index in [-0.39, 0.29) is 0 Å². The average molecular weight is 307 g/mol. The first-order chi connectivity index (χ1) is 8.56. The highest BCUT2D eigenvalue weighted by Gasteiger charge is 2.09. The summed E-state index contributed by atoms with van der Waals surface area (Å²) in [7, 11) is 0. The van der Waals surface area contributed by atoms with Crippen molar-refractivity contribution in [2.24, 2.45) is 0 Å². The van der Waals surface area contributed by atoms with Crippen LogP contribution in [0.25, 0.3) is 0 Å². The second kappa shape index (κ2) is 5.69. The molecule has 7 heteroatoms. The Hall–Kier alpha value is -1.10. The van der Waals surface area contributed by atoms with Crippen molar-refractivity contribution < 1.29 is 4.74 Å². The van der Waals surface area contributed by atoms with E-state index >= 15 is 0 Å². The molecule has 0 saturated carbocycles. The lowest BCUT2D eigenvalue weighted by molar-refractivity contribution is 0.291. The number of hydrogen-bond acceptors (Lipinski definition) is 3. The predicted octanol–water partition coefficient (Wildman–Crippen LogP) is 3.50. The average Bonchev–Trinajstić information content (AvgIpc) is 2.68. The fourth-order valence-corrected chi connectivity index (χ4v) is 2.34. The van der Waals surface area contributed by atoms with Crippen LogP contribution in [0.5, 0.6) is 5.75 Å². The molecular formula is C11H10Cl3N3O. The van der Waals surface area contributed by atoms with E-state index in [2.05, 4.69) is 5.10 Å². The van der Waals surface area contributed by atoms with Crippen molar-refractivity contribution in [3.8, 4) is 5.75 Å². The molecule has 0 aliphatic heterocycles. The minimum atomic E-state index is 0.377. The lowest BCUT2D eigenvalue weighted by Gasteiger charge is -2.10. The zero-order valence-electron chi connectivity index (χ0n) is 9.24. The smallest absolute Gasteiger partial charge is 0.156 e. The van der Waals surface area contributed by atoms with E-state index in [4.69, 9.17) is 45.3 Å². The van der Waals surface area contributed by atoms with Gasteiger partial charge in [0.25, 0.3) is 0 Å². The van der Waals surface area contributed by atoms with Crippen LogP contribution in [0, 0.1) is 0 Å². The molecule has 2 rings (SSSR count). The number of nitrogens with zero attached hydrogens (tertiary/aromatic N) is 2. The fourth-order valence-electron chi connectivity index (χ4n) is 1.41. The predicted molar refractivity (Wildman–Crippen MR) is 73.6 cm³/mol. The van der Waals surface area contributed by atoms with Crippen LogP contribution in [0.3, 0.4) is 0 Å². The second-order valence-corrected chi connectivity index (χ2v) is 4.83. The van der Waals surface area contributed by atoms with E-state index in [1.54, 1.807) is 29.2 Å². The van der Waals surface area contributed by atoms with Crippen molar-refractivity contribution in [2.45, 2.75) is 6.54 Å². The maximum Gasteiger partial charge on any atom is 0.156 e. The zero-order chi connectivity index (χ0) is 13.1. The summed E-state index contributed by atoms with van der Waals surface area (Å²) in [6, 6.07) is 3.16. The first-order valence-electron chi connectivity index (χ1n) is 5.11. The Morgan fingerprint density at radius 3 is 2.44 bits per heavy atom. The molecular weight excluding hydrogens is 296 g/mol. The number of nitrogen functional groups attached to an aromatic ring is 1. The number of nitrogens with two attached hydrogens (primary N) is 1. The Kier molecular flexibility index (Phi) is 4.22. The maximum absolute atomic E-state index is 5.98. The highest BCUT2D eigenvalue weighted by molar-refractivity contribution is 6.40. The third kappa shape index (κ3) is 3.22. The van der Waals surface area contributed by atoms with Crippen LogP contribution in [0.4, 0.5) is 5.69 Å². The summed E-state index contributed by atoms with van der Waals surface area (Å²) < 4.78 is 7.19. The lowest BCUT2D eigenvalue weighted by atomic mass is 10.3. The van der Waals surface area contributed by atoms with Crippen LogP contribution >= 0.6 is 34.8 Å². The number of benzene rings is 1. The van der Waals surface area contributed by atoms with Gasteiger partial charge in [-0.3, -0.25) is 4.68 Å². The number of anilines is 1. The number of aromatic nitrogens is 2. The van der Waals surface area contributed by atoms with Gasteiger partial charge in [0, 0.05) is 11.2 Å². The Labute approximate surface area is 119 Å². The van der Waals surface area contributed by atoms with Crippen molar-refractivity contribution in [3.63, 3.8) is 0 Å². The van der Waals surface area contributed by atoms with Gasteiger partial charge in [-0.05, 0) is 12.1 Å². The molecule has 0 atom stereocenters. The van der Waals surface area contributed by atoms with Crippen LogP contribution in [-0.2, 0) is 6.54 Å². The highest BCUT2D eigenvalue weighted by Crippen LogP contribution is 2.35. The largest absolute Gasteiger partial charge is 0.489 e. The normalized spacial score (nSPS) is 10.6. The Bertz CT molecular complexity index is 533. The molecule has 0 radical (unpaired) electrons. The SMILES string of the molecule is Nc1cnn(CCOc2c(Cl)cc(Cl)cc2Cl)c1. The molecule has 2 N–H and O–H groups in total. The molecule has 0 aliphatic carbocycles. The van der Waals surface area contributed by atoms with Gasteiger partial charge in [0.15, 0.2) is 5.75 Å². The molecule has 1 aromatic carbocycles. The summed E-state index contributed by atoms with van der Waals surface area (Å²) in [5, 5.41) is 5.26. The van der Waals surface area contributed by atoms with E-state index in [0.717, 1.165) is 0 Å². The molecule has 0 spiro atoms. The third-order valence-corrected chi connectivity index (χ3v) is 2.96. The summed E-state index contributed by atoms with van der Waals surface area (Å²) in [5.74, 6) is 0.419. The molecule has 0 saturated heterocycles. The van der Waals surface area contributed by atoms with E-state index in [0.29, 0.717) is 39.7 Å². The van der Waals surface area contributed by atoms with E-state index in [1.165, 1.54) is 0 Å². The molecule has 2 aromatic rings. The fraction of sp³-hybridized carbons (Fsp3) is 0.182. The minimum Gasteiger partial charge on any atom is -0.489 e. The Morgan fingerprint density at radius 1 is 1.22 bits per heavy atom. The van der Waals surface area contributed by atoms with Gasteiger partial charge in [0.2, 0.25) is 0 Å². The van der Waals surface area contributed by atoms with Crippen molar-refractivity contribution in [2.75, 3.05) is 12.3 Å². The van der Waals surface area contributed by atoms with E-state index in [1.807, 2.05) is 0 Å². The molecule has 1 aromatic heterocycles. The summed E-state index contributed by atoms with van der Waals surface area (Å²) in [6.07, 6.45) is 3.29. The van der Waals surface area contributed by atoms with E-state index < -0.39 is 0 Å². The van der Waals surface area contributed by atoms with Crippen molar-refractivity contribution in [1.82, 2.24) is 9.78 Å². The summed E-state index contributed by atoms with van der Waals surface area (Å²) >= 11 is 17.8. The molecule has 0 fully saturated rings. The quantitative estimate of drug-likeness (QED) is 0.940. The molecule has 4 nitrogen and oxygen atoms in total. The summed E-state index contributed by atoms with van der Waals surface area (Å²) in [4.78, 5) is 0. The molecule has 96 valence electrons. The van der Waals surface area contributed by atoms with Gasteiger partial charge in [-0.25, -0.2) is 0 Å². The van der Waals surface area contributed by atoms with Gasteiger partial charge in [-0.1, -0.05) is 34.8 Å². The minimum absolute atomic E-state index is 0.377. The van der Waals surface area contributed by atoms with Crippen LogP contribution in [0.1, 0.15) is 0 Å². The molecule has 18 heavy (non-hydrogen) atoms. The van der Waals surface area contributed by atoms with Crippen molar-refractivity contribution in [1.29, 1.82) is 0 Å². The number of ether oxygens (including phenoxy) is 1. The lowest BCUT2D eigenvalue weighted by Crippen LogP contribution is -2.09. The Morgan fingerprint density at radius 2 is 1.89 bits per heavy atom. The molecule has 0 unspecified atom stereocenters. The standard InChI is InChI=1S/C11H10Cl3N3O/c12-7-3-9(13)11(10(14)4-7)18-2-1-17-6-8(15)5-16-17/h3-6H,1-2,15H2. The van der Waals surface area contributed by atoms with Crippen LogP contribution in [0.15, 0.2) is 24.5 Å². The zero-order valence-corrected chi connectivity index (χ0v) is 11.5. The molecule has 0 aliphatic rings. The topological polar surface area (TPSA) is 53.1 Å². The maximum atomic E-state index is 5.98. The summed E-state index contributed by atoms with van der Waals surface area (Å²) in [6.45, 7) is 0.925. The van der Waals surface area contributed by atoms with Gasteiger partial charge in [0.05, 0.1) is 28.5 Å². The number of hydrogen-bond donors (Lipinski definition) is 1. The summed E-state index contributed by atoms with van der Waals surface area (Å²) in [5.41, 5.74) is 6.15. The van der Waals surface area contributed by atoms with Crippen molar-refractivity contribution in [3.05, 3.63) is 39.6 Å². The van der Waals surface area contributed by atoms with Gasteiger partial charge in [-0.15, -0.1) is 0 Å². The Balaban J connectivity index is 1.98. The van der Waals surface area contributed by atoms with Crippen molar-refractivity contribution >= 4 is 40.5 Å². The molecule has 1 heterocycles. The number of halogens is 3. The number of rotatable bonds is 4.